The van der Waals surface area contributed by atoms with Gasteiger partial charge in [-0.2, -0.15) is 4.89 Å². The largest absolute Gasteiger partial charge is 1.00 e. The van der Waals surface area contributed by atoms with Crippen LogP contribution >= 0.6 is 0 Å². The predicted octanol–water partition coefficient (Wildman–Crippen LogP) is -1.56. The molecule has 4 nitrogen and oxygen atoms in total. The molecule has 1 rings (SSSR count). The van der Waals surface area contributed by atoms with E-state index in [4.69, 9.17) is 5.11 Å². The Morgan fingerprint density at radius 1 is 1.46 bits per heavy atom. The molecule has 0 saturated heterocycles. The van der Waals surface area contributed by atoms with Crippen LogP contribution in [0.25, 0.3) is 0 Å². The van der Waals surface area contributed by atoms with Crippen molar-refractivity contribution >= 4 is 5.97 Å². The van der Waals surface area contributed by atoms with Crippen LogP contribution in [-0.2, 0) is 4.89 Å². The summed E-state index contributed by atoms with van der Waals surface area (Å²) in [5, 5.41) is 8.66. The van der Waals surface area contributed by atoms with Gasteiger partial charge in [0, 0.05) is 0 Å². The Labute approximate surface area is 120 Å². The Morgan fingerprint density at radius 2 is 2.08 bits per heavy atom. The maximum absolute atomic E-state index is 10.6. The number of carbonyl (C=O) groups is 1. The predicted molar refractivity (Wildman–Crippen MR) is 42.2 cm³/mol. The van der Waals surface area contributed by atoms with Gasteiger partial charge in [-0.1, -0.05) is 12.1 Å². The van der Waals surface area contributed by atoms with E-state index in [-0.39, 0.29) is 64.1 Å². The van der Waals surface area contributed by atoms with Crippen LogP contribution in [0.4, 0.5) is 0 Å². The molecular formula is C8H9KO4. The first-order valence-electron chi connectivity index (χ1n) is 3.28. The van der Waals surface area contributed by atoms with E-state index in [0.717, 1.165) is 0 Å². The second kappa shape index (κ2) is 6.53. The molecule has 13 heavy (non-hydrogen) atoms. The molecule has 1 aromatic carbocycles. The first-order chi connectivity index (χ1) is 5.75. The van der Waals surface area contributed by atoms with Crippen molar-refractivity contribution in [2.75, 3.05) is 7.11 Å². The molecule has 0 radical (unpaired) electrons. The summed E-state index contributed by atoms with van der Waals surface area (Å²) in [5.41, 5.74) is 0.0827. The van der Waals surface area contributed by atoms with Crippen LogP contribution in [0.1, 0.15) is 11.8 Å². The summed E-state index contributed by atoms with van der Waals surface area (Å²) >= 11 is 0. The number of aromatic carboxylic acids is 1. The average Bonchev–Trinajstić information content (AvgIpc) is 2.05. The smallest absolute Gasteiger partial charge is 1.00 e. The molecule has 0 heterocycles. The van der Waals surface area contributed by atoms with Gasteiger partial charge < -0.3 is 11.4 Å². The van der Waals surface area contributed by atoms with Crippen molar-refractivity contribution in [3.63, 3.8) is 0 Å². The van der Waals surface area contributed by atoms with E-state index in [1.807, 2.05) is 0 Å². The molecule has 66 valence electrons. The van der Waals surface area contributed by atoms with Crippen LogP contribution in [0, 0.1) is 0 Å². The van der Waals surface area contributed by atoms with E-state index in [0.29, 0.717) is 0 Å². The van der Waals surface area contributed by atoms with Crippen LogP contribution in [0.15, 0.2) is 24.3 Å². The summed E-state index contributed by atoms with van der Waals surface area (Å²) in [4.78, 5) is 19.5. The van der Waals surface area contributed by atoms with Crippen molar-refractivity contribution in [2.24, 2.45) is 0 Å². The SMILES string of the molecule is COOc1ccccc1C(=O)O.[H-].[K+]. The van der Waals surface area contributed by atoms with Crippen LogP contribution in [0.3, 0.4) is 0 Å². The monoisotopic (exact) mass is 208 g/mol. The zero-order chi connectivity index (χ0) is 8.97. The van der Waals surface area contributed by atoms with Crippen molar-refractivity contribution in [3.8, 4) is 5.75 Å². The minimum absolute atomic E-state index is 0. The fraction of sp³-hybridized carbons (Fsp3) is 0.125. The van der Waals surface area contributed by atoms with Gasteiger partial charge >= 0.3 is 57.4 Å². The van der Waals surface area contributed by atoms with Gasteiger partial charge in [-0.05, 0) is 12.1 Å². The Kier molecular flexibility index (Phi) is 6.57. The normalized spacial score (nSPS) is 8.69. The van der Waals surface area contributed by atoms with Crippen molar-refractivity contribution in [1.82, 2.24) is 0 Å². The quantitative estimate of drug-likeness (QED) is 0.371. The van der Waals surface area contributed by atoms with Gasteiger partial charge in [0.2, 0.25) is 0 Å². The summed E-state index contributed by atoms with van der Waals surface area (Å²) in [7, 11) is 1.32. The Morgan fingerprint density at radius 3 is 2.62 bits per heavy atom. The zero-order valence-electron chi connectivity index (χ0n) is 8.48. The van der Waals surface area contributed by atoms with Crippen molar-refractivity contribution < 1.29 is 72.5 Å². The van der Waals surface area contributed by atoms with E-state index >= 15 is 0 Å². The Balaban J connectivity index is 0. The topological polar surface area (TPSA) is 55.8 Å². The van der Waals surface area contributed by atoms with E-state index < -0.39 is 5.97 Å². The minimum Gasteiger partial charge on any atom is -1.00 e. The molecule has 0 unspecified atom stereocenters. The number of hydrogen-bond donors (Lipinski definition) is 1. The maximum atomic E-state index is 10.6. The Hall–Kier alpha value is 0.0864. The molecule has 0 bridgehead atoms. The Bertz CT molecular complexity index is 292. The van der Waals surface area contributed by atoms with Crippen molar-refractivity contribution in [3.05, 3.63) is 29.8 Å². The fourth-order valence-electron chi connectivity index (χ4n) is 0.806. The van der Waals surface area contributed by atoms with Crippen molar-refractivity contribution in [2.45, 2.75) is 0 Å². The third-order valence-electron chi connectivity index (χ3n) is 1.29. The van der Waals surface area contributed by atoms with Crippen LogP contribution in [-0.4, -0.2) is 18.2 Å². The van der Waals surface area contributed by atoms with Gasteiger partial charge in [-0.3, -0.25) is 0 Å². The molecule has 0 atom stereocenters. The molecule has 0 amide bonds. The summed E-state index contributed by atoms with van der Waals surface area (Å²) < 4.78 is 0. The summed E-state index contributed by atoms with van der Waals surface area (Å²) in [6, 6.07) is 6.25. The van der Waals surface area contributed by atoms with E-state index in [2.05, 4.69) is 9.78 Å². The van der Waals surface area contributed by atoms with Gasteiger partial charge in [0.15, 0.2) is 5.75 Å². The molecule has 0 spiro atoms. The molecular weight excluding hydrogens is 199 g/mol. The third kappa shape index (κ3) is 3.76. The van der Waals surface area contributed by atoms with Gasteiger partial charge in [0.25, 0.3) is 0 Å². The standard InChI is InChI=1S/C8H8O4.K.H/c1-11-12-7-5-3-2-4-6(7)8(9)10;;/h2-5H,1H3,(H,9,10);;/q;+1;-1. The third-order valence-corrected chi connectivity index (χ3v) is 1.29. The van der Waals surface area contributed by atoms with E-state index in [1.165, 1.54) is 19.2 Å². The first kappa shape index (κ1) is 13.1. The summed E-state index contributed by atoms with van der Waals surface area (Å²) in [6.07, 6.45) is 0. The van der Waals surface area contributed by atoms with Gasteiger partial charge in [0.1, 0.15) is 5.56 Å². The maximum Gasteiger partial charge on any atom is 1.00 e. The molecule has 0 aliphatic carbocycles. The van der Waals surface area contributed by atoms with E-state index in [1.54, 1.807) is 12.1 Å². The number of hydrogen-bond acceptors (Lipinski definition) is 3. The minimum atomic E-state index is -1.04. The molecule has 5 heteroatoms. The molecule has 1 aromatic rings. The van der Waals surface area contributed by atoms with Crippen molar-refractivity contribution in [1.29, 1.82) is 0 Å². The fourth-order valence-corrected chi connectivity index (χ4v) is 0.806. The van der Waals surface area contributed by atoms with Gasteiger partial charge in [-0.25, -0.2) is 4.79 Å². The molecule has 0 fully saturated rings. The molecule has 0 aliphatic heterocycles. The summed E-state index contributed by atoms with van der Waals surface area (Å²) in [5.74, 6) is -0.838. The zero-order valence-corrected chi connectivity index (χ0v) is 10.6. The number of benzene rings is 1. The molecule has 1 N–H and O–H groups in total. The number of rotatable bonds is 3. The van der Waals surface area contributed by atoms with Crippen LogP contribution in [0.5, 0.6) is 5.75 Å². The average molecular weight is 208 g/mol. The van der Waals surface area contributed by atoms with Crippen LogP contribution < -0.4 is 56.3 Å². The number of para-hydroxylation sites is 1. The first-order valence-corrected chi connectivity index (χ1v) is 3.28. The summed E-state index contributed by atoms with van der Waals surface area (Å²) in [6.45, 7) is 0. The second-order valence-electron chi connectivity index (χ2n) is 2.05. The number of carboxylic acid groups (broad SMARTS) is 1. The second-order valence-corrected chi connectivity index (χ2v) is 2.05. The molecule has 0 saturated carbocycles. The van der Waals surface area contributed by atoms with Gasteiger partial charge in [-0.15, -0.1) is 0 Å². The number of carboxylic acids is 1. The molecule has 0 aliphatic rings. The van der Waals surface area contributed by atoms with E-state index in [9.17, 15) is 4.79 Å². The van der Waals surface area contributed by atoms with Gasteiger partial charge in [0.05, 0.1) is 7.11 Å². The van der Waals surface area contributed by atoms with Crippen LogP contribution in [0.2, 0.25) is 0 Å². The molecule has 0 aromatic heterocycles.